The smallest absolute Gasteiger partial charge is 0.335 e. The second-order valence-corrected chi connectivity index (χ2v) is 5.60. The third-order valence-corrected chi connectivity index (χ3v) is 3.72. The molecule has 27 heavy (non-hydrogen) atoms. The van der Waals surface area contributed by atoms with Crippen molar-refractivity contribution in [3.8, 4) is 11.6 Å². The SMILES string of the molecule is Cc1ccc(-n2c(O)c(/C=N\NC(=O)c3ccncc3)c(=O)[nH]c2=O)cc1. The number of aryl methyl sites for hydroxylation is 1. The van der Waals surface area contributed by atoms with Crippen molar-refractivity contribution in [2.75, 3.05) is 0 Å². The van der Waals surface area contributed by atoms with E-state index in [1.54, 1.807) is 24.3 Å². The van der Waals surface area contributed by atoms with Crippen LogP contribution in [0.25, 0.3) is 5.69 Å². The predicted octanol–water partition coefficient (Wildman–Crippen LogP) is 0.699. The number of aromatic nitrogens is 3. The molecule has 0 fully saturated rings. The summed E-state index contributed by atoms with van der Waals surface area (Å²) in [4.78, 5) is 41.9. The van der Waals surface area contributed by atoms with Crippen LogP contribution in [0.3, 0.4) is 0 Å². The molecule has 136 valence electrons. The lowest BCUT2D eigenvalue weighted by molar-refractivity contribution is 0.0955. The lowest BCUT2D eigenvalue weighted by Crippen LogP contribution is -2.31. The topological polar surface area (TPSA) is 129 Å². The molecule has 9 heteroatoms. The molecule has 0 aliphatic heterocycles. The van der Waals surface area contributed by atoms with Crippen molar-refractivity contribution in [3.05, 3.63) is 86.3 Å². The van der Waals surface area contributed by atoms with Gasteiger partial charge < -0.3 is 5.11 Å². The molecule has 0 saturated heterocycles. The van der Waals surface area contributed by atoms with E-state index in [1.807, 2.05) is 6.92 Å². The molecule has 0 bridgehead atoms. The number of aromatic amines is 1. The maximum Gasteiger partial charge on any atom is 0.335 e. The summed E-state index contributed by atoms with van der Waals surface area (Å²) in [5.41, 5.74) is 2.00. The van der Waals surface area contributed by atoms with Crippen LogP contribution in [0.5, 0.6) is 5.88 Å². The fourth-order valence-corrected chi connectivity index (χ4v) is 2.31. The maximum atomic E-state index is 12.1. The van der Waals surface area contributed by atoms with E-state index in [-0.39, 0.29) is 5.56 Å². The Balaban J connectivity index is 1.93. The average molecular weight is 365 g/mol. The van der Waals surface area contributed by atoms with Crippen LogP contribution in [-0.4, -0.2) is 31.8 Å². The zero-order valence-electron chi connectivity index (χ0n) is 14.2. The van der Waals surface area contributed by atoms with Crippen LogP contribution in [0.4, 0.5) is 0 Å². The zero-order chi connectivity index (χ0) is 19.4. The van der Waals surface area contributed by atoms with Crippen LogP contribution in [-0.2, 0) is 0 Å². The molecule has 0 unspecified atom stereocenters. The molecule has 0 aliphatic carbocycles. The van der Waals surface area contributed by atoms with Gasteiger partial charge in [0.15, 0.2) is 0 Å². The second kappa shape index (κ2) is 7.48. The summed E-state index contributed by atoms with van der Waals surface area (Å²) in [5.74, 6) is -1.11. The van der Waals surface area contributed by atoms with Crippen molar-refractivity contribution in [2.24, 2.45) is 5.10 Å². The monoisotopic (exact) mass is 365 g/mol. The van der Waals surface area contributed by atoms with Gasteiger partial charge in [-0.15, -0.1) is 0 Å². The average Bonchev–Trinajstić information content (AvgIpc) is 2.66. The Labute approximate surface area is 152 Å². The van der Waals surface area contributed by atoms with Gasteiger partial charge in [0.2, 0.25) is 5.88 Å². The van der Waals surface area contributed by atoms with E-state index in [0.29, 0.717) is 11.3 Å². The lowest BCUT2D eigenvalue weighted by Gasteiger charge is -2.09. The van der Waals surface area contributed by atoms with Crippen LogP contribution in [0, 0.1) is 6.92 Å². The van der Waals surface area contributed by atoms with Gasteiger partial charge in [-0.05, 0) is 31.2 Å². The normalized spacial score (nSPS) is 10.9. The van der Waals surface area contributed by atoms with Gasteiger partial charge in [0, 0.05) is 18.0 Å². The van der Waals surface area contributed by atoms with Gasteiger partial charge in [0.1, 0.15) is 5.56 Å². The summed E-state index contributed by atoms with van der Waals surface area (Å²) in [5, 5.41) is 14.1. The second-order valence-electron chi connectivity index (χ2n) is 5.60. The molecule has 3 N–H and O–H groups in total. The number of benzene rings is 1. The van der Waals surface area contributed by atoms with E-state index in [2.05, 4.69) is 20.5 Å². The van der Waals surface area contributed by atoms with Gasteiger partial charge in [-0.25, -0.2) is 14.8 Å². The van der Waals surface area contributed by atoms with E-state index in [4.69, 9.17) is 0 Å². The quantitative estimate of drug-likeness (QED) is 0.463. The Kier molecular flexibility index (Phi) is 4.93. The van der Waals surface area contributed by atoms with Gasteiger partial charge in [0.25, 0.3) is 11.5 Å². The van der Waals surface area contributed by atoms with E-state index in [0.717, 1.165) is 16.3 Å². The fraction of sp³-hybridized carbons (Fsp3) is 0.0556. The molecule has 0 spiro atoms. The minimum absolute atomic E-state index is 0.273. The molecule has 3 aromatic rings. The van der Waals surface area contributed by atoms with E-state index in [9.17, 15) is 19.5 Å². The van der Waals surface area contributed by atoms with Gasteiger partial charge in [-0.1, -0.05) is 17.7 Å². The van der Waals surface area contributed by atoms with Crippen LogP contribution < -0.4 is 16.7 Å². The summed E-state index contributed by atoms with van der Waals surface area (Å²) >= 11 is 0. The number of carbonyl (C=O) groups excluding carboxylic acids is 1. The maximum absolute atomic E-state index is 12.1. The minimum Gasteiger partial charge on any atom is -0.493 e. The highest BCUT2D eigenvalue weighted by atomic mass is 16.3. The Morgan fingerprint density at radius 1 is 1.19 bits per heavy atom. The molecule has 9 nitrogen and oxygen atoms in total. The zero-order valence-corrected chi connectivity index (χ0v) is 14.2. The summed E-state index contributed by atoms with van der Waals surface area (Å²) in [6.45, 7) is 1.88. The summed E-state index contributed by atoms with van der Waals surface area (Å²) in [6, 6.07) is 9.76. The molecule has 1 aromatic carbocycles. The Morgan fingerprint density at radius 3 is 2.52 bits per heavy atom. The van der Waals surface area contributed by atoms with Crippen molar-refractivity contribution in [1.82, 2.24) is 20.0 Å². The highest BCUT2D eigenvalue weighted by molar-refractivity contribution is 5.94. The highest BCUT2D eigenvalue weighted by Crippen LogP contribution is 2.15. The van der Waals surface area contributed by atoms with Gasteiger partial charge in [-0.3, -0.25) is 19.6 Å². The number of hydrogen-bond donors (Lipinski definition) is 3. The molecule has 0 radical (unpaired) electrons. The fourth-order valence-electron chi connectivity index (χ4n) is 2.31. The summed E-state index contributed by atoms with van der Waals surface area (Å²) < 4.78 is 0.937. The standard InChI is InChI=1S/C18H15N5O4/c1-11-2-4-13(5-3-11)23-17(26)14(16(25)21-18(23)27)10-20-22-15(24)12-6-8-19-9-7-12/h2-10,26H,1H3,(H,22,24)(H,21,25,27)/b20-10-. The molecular formula is C18H15N5O4. The molecule has 2 heterocycles. The number of hydrogen-bond acceptors (Lipinski definition) is 6. The number of amides is 1. The first-order chi connectivity index (χ1) is 13.0. The van der Waals surface area contributed by atoms with Crippen molar-refractivity contribution >= 4 is 12.1 Å². The summed E-state index contributed by atoms with van der Waals surface area (Å²) in [6.07, 6.45) is 3.87. The third-order valence-electron chi connectivity index (χ3n) is 3.72. The van der Waals surface area contributed by atoms with Crippen molar-refractivity contribution in [2.45, 2.75) is 6.92 Å². The Hall–Kier alpha value is -4.01. The molecule has 1 amide bonds. The molecular weight excluding hydrogens is 350 g/mol. The van der Waals surface area contributed by atoms with Crippen LogP contribution >= 0.6 is 0 Å². The molecule has 0 atom stereocenters. The number of nitrogens with zero attached hydrogens (tertiary/aromatic N) is 3. The molecule has 0 aliphatic rings. The van der Waals surface area contributed by atoms with Gasteiger partial charge in [0.05, 0.1) is 11.9 Å². The van der Waals surface area contributed by atoms with Crippen LogP contribution in [0.15, 0.2) is 63.5 Å². The van der Waals surface area contributed by atoms with Crippen molar-refractivity contribution in [3.63, 3.8) is 0 Å². The first-order valence-corrected chi connectivity index (χ1v) is 7.86. The minimum atomic E-state index is -0.831. The number of pyridine rings is 1. The van der Waals surface area contributed by atoms with E-state index in [1.165, 1.54) is 24.5 Å². The highest BCUT2D eigenvalue weighted by Gasteiger charge is 2.14. The number of aromatic hydroxyl groups is 1. The van der Waals surface area contributed by atoms with Crippen molar-refractivity contribution < 1.29 is 9.90 Å². The molecule has 2 aromatic heterocycles. The largest absolute Gasteiger partial charge is 0.493 e. The number of nitrogens with one attached hydrogen (secondary N) is 2. The Bertz CT molecular complexity index is 1120. The predicted molar refractivity (Wildman–Crippen MR) is 98.4 cm³/mol. The van der Waals surface area contributed by atoms with Crippen LogP contribution in [0.2, 0.25) is 0 Å². The number of hydrazone groups is 1. The molecule has 3 rings (SSSR count). The number of rotatable bonds is 4. The lowest BCUT2D eigenvalue weighted by atomic mass is 10.2. The number of carbonyl (C=O) groups is 1. The van der Waals surface area contributed by atoms with Crippen molar-refractivity contribution in [1.29, 1.82) is 0 Å². The van der Waals surface area contributed by atoms with E-state index >= 15 is 0 Å². The first kappa shape index (κ1) is 17.8. The van der Waals surface area contributed by atoms with E-state index < -0.39 is 23.0 Å². The summed E-state index contributed by atoms with van der Waals surface area (Å²) in [7, 11) is 0. The van der Waals surface area contributed by atoms with Crippen LogP contribution in [0.1, 0.15) is 21.5 Å². The molecule has 0 saturated carbocycles. The first-order valence-electron chi connectivity index (χ1n) is 7.86. The van der Waals surface area contributed by atoms with Gasteiger partial charge >= 0.3 is 5.69 Å². The third kappa shape index (κ3) is 3.82. The van der Waals surface area contributed by atoms with Gasteiger partial charge in [-0.2, -0.15) is 5.10 Å². The Morgan fingerprint density at radius 2 is 1.85 bits per heavy atom. The number of H-pyrrole nitrogens is 1.